The first-order valence-corrected chi connectivity index (χ1v) is 8.47. The molecule has 3 rings (SSSR count). The standard InChI is InChI=1S/C18H28N2O/c1-4-16-12-20(13(2)3)17-11-14(7-8-18(17)21-16)10-15-6-5-9-19-15/h7-8,11,13,15-16,19H,4-6,9-10,12H2,1-3H3. The maximum atomic E-state index is 6.13. The number of benzene rings is 1. The Morgan fingerprint density at radius 2 is 2.24 bits per heavy atom. The Morgan fingerprint density at radius 1 is 1.38 bits per heavy atom. The second-order valence-electron chi connectivity index (χ2n) is 6.69. The van der Waals surface area contributed by atoms with Crippen molar-refractivity contribution in [3.05, 3.63) is 23.8 Å². The van der Waals surface area contributed by atoms with E-state index in [1.807, 2.05) is 0 Å². The number of hydrogen-bond donors (Lipinski definition) is 1. The molecule has 2 unspecified atom stereocenters. The van der Waals surface area contributed by atoms with Gasteiger partial charge in [-0.2, -0.15) is 0 Å². The third kappa shape index (κ3) is 3.18. The summed E-state index contributed by atoms with van der Waals surface area (Å²) in [5.74, 6) is 1.06. The Hall–Kier alpha value is -1.22. The molecular weight excluding hydrogens is 260 g/mol. The van der Waals surface area contributed by atoms with Crippen LogP contribution in [-0.4, -0.2) is 31.3 Å². The Morgan fingerprint density at radius 3 is 2.90 bits per heavy atom. The summed E-state index contributed by atoms with van der Waals surface area (Å²) in [4.78, 5) is 2.50. The fraction of sp³-hybridized carbons (Fsp3) is 0.667. The molecule has 3 nitrogen and oxygen atoms in total. The molecule has 2 aliphatic rings. The molecule has 1 aromatic carbocycles. The maximum Gasteiger partial charge on any atom is 0.143 e. The van der Waals surface area contributed by atoms with Gasteiger partial charge in [0.2, 0.25) is 0 Å². The normalized spacial score (nSPS) is 25.0. The van der Waals surface area contributed by atoms with Crippen molar-refractivity contribution in [1.82, 2.24) is 5.32 Å². The topological polar surface area (TPSA) is 24.5 Å². The molecule has 0 radical (unpaired) electrons. The second-order valence-corrected chi connectivity index (χ2v) is 6.69. The fourth-order valence-electron chi connectivity index (χ4n) is 3.47. The van der Waals surface area contributed by atoms with Crippen LogP contribution in [0, 0.1) is 0 Å². The molecule has 1 aromatic rings. The Balaban J connectivity index is 1.83. The highest BCUT2D eigenvalue weighted by molar-refractivity contribution is 5.62. The number of nitrogens with zero attached hydrogens (tertiary/aromatic N) is 1. The van der Waals surface area contributed by atoms with E-state index in [0.29, 0.717) is 18.2 Å². The minimum absolute atomic E-state index is 0.322. The summed E-state index contributed by atoms with van der Waals surface area (Å²) in [5, 5.41) is 3.59. The van der Waals surface area contributed by atoms with Crippen LogP contribution in [0.15, 0.2) is 18.2 Å². The molecule has 2 aliphatic heterocycles. The highest BCUT2D eigenvalue weighted by Crippen LogP contribution is 2.36. The first-order chi connectivity index (χ1) is 10.2. The average molecular weight is 288 g/mol. The van der Waals surface area contributed by atoms with E-state index in [1.165, 1.54) is 30.6 Å². The van der Waals surface area contributed by atoms with Crippen molar-refractivity contribution in [3.63, 3.8) is 0 Å². The van der Waals surface area contributed by atoms with Crippen molar-refractivity contribution in [2.45, 2.75) is 64.6 Å². The van der Waals surface area contributed by atoms with Gasteiger partial charge in [0.05, 0.1) is 12.2 Å². The van der Waals surface area contributed by atoms with E-state index in [-0.39, 0.29) is 0 Å². The SMILES string of the molecule is CCC1CN(C(C)C)c2cc(CC3CCCN3)ccc2O1. The number of nitrogens with one attached hydrogen (secondary N) is 1. The number of anilines is 1. The van der Waals surface area contributed by atoms with Crippen molar-refractivity contribution in [2.24, 2.45) is 0 Å². The first kappa shape index (κ1) is 14.7. The first-order valence-electron chi connectivity index (χ1n) is 8.47. The molecule has 3 heteroatoms. The lowest BCUT2D eigenvalue weighted by atomic mass is 10.0. The van der Waals surface area contributed by atoms with E-state index >= 15 is 0 Å². The number of fused-ring (bicyclic) bond motifs is 1. The molecule has 0 spiro atoms. The molecule has 116 valence electrons. The highest BCUT2D eigenvalue weighted by Gasteiger charge is 2.27. The van der Waals surface area contributed by atoms with Crippen LogP contribution in [0.25, 0.3) is 0 Å². The van der Waals surface area contributed by atoms with Crippen molar-refractivity contribution < 1.29 is 4.74 Å². The summed E-state index contributed by atoms with van der Waals surface area (Å²) in [5.41, 5.74) is 2.71. The summed E-state index contributed by atoms with van der Waals surface area (Å²) in [6, 6.07) is 7.94. The molecule has 1 fully saturated rings. The molecule has 0 aromatic heterocycles. The van der Waals surface area contributed by atoms with E-state index in [4.69, 9.17) is 4.74 Å². The van der Waals surface area contributed by atoms with Gasteiger partial charge in [0.25, 0.3) is 0 Å². The number of rotatable bonds is 4. The monoisotopic (exact) mass is 288 g/mol. The quantitative estimate of drug-likeness (QED) is 0.919. The summed E-state index contributed by atoms with van der Waals surface area (Å²) in [7, 11) is 0. The van der Waals surface area contributed by atoms with Crippen LogP contribution in [0.1, 0.15) is 45.6 Å². The van der Waals surface area contributed by atoms with Crippen molar-refractivity contribution in [3.8, 4) is 5.75 Å². The summed E-state index contributed by atoms with van der Waals surface area (Å²) >= 11 is 0. The zero-order valence-electron chi connectivity index (χ0n) is 13.6. The largest absolute Gasteiger partial charge is 0.486 e. The van der Waals surface area contributed by atoms with Crippen LogP contribution in [0.2, 0.25) is 0 Å². The third-order valence-corrected chi connectivity index (χ3v) is 4.75. The zero-order chi connectivity index (χ0) is 14.8. The lowest BCUT2D eigenvalue weighted by Crippen LogP contribution is -2.43. The van der Waals surface area contributed by atoms with Gasteiger partial charge in [-0.25, -0.2) is 0 Å². The third-order valence-electron chi connectivity index (χ3n) is 4.75. The summed E-state index contributed by atoms with van der Waals surface area (Å²) < 4.78 is 6.13. The Kier molecular flexibility index (Phi) is 4.39. The van der Waals surface area contributed by atoms with Gasteiger partial charge in [-0.15, -0.1) is 0 Å². The average Bonchev–Trinajstić information content (AvgIpc) is 2.98. The Bertz CT molecular complexity index is 480. The van der Waals surface area contributed by atoms with E-state index in [1.54, 1.807) is 0 Å². The van der Waals surface area contributed by atoms with E-state index in [9.17, 15) is 0 Å². The van der Waals surface area contributed by atoms with Crippen LogP contribution in [0.4, 0.5) is 5.69 Å². The van der Waals surface area contributed by atoms with Gasteiger partial charge >= 0.3 is 0 Å². The number of hydrogen-bond acceptors (Lipinski definition) is 3. The van der Waals surface area contributed by atoms with Gasteiger partial charge in [-0.1, -0.05) is 13.0 Å². The summed E-state index contributed by atoms with van der Waals surface area (Å²) in [6.45, 7) is 8.93. The van der Waals surface area contributed by atoms with Gasteiger partial charge in [0.15, 0.2) is 0 Å². The predicted molar refractivity (Wildman–Crippen MR) is 88.4 cm³/mol. The molecule has 0 amide bonds. The number of ether oxygens (including phenoxy) is 1. The lowest BCUT2D eigenvalue weighted by Gasteiger charge is -2.39. The van der Waals surface area contributed by atoms with Crippen molar-refractivity contribution in [2.75, 3.05) is 18.0 Å². The van der Waals surface area contributed by atoms with Crippen LogP contribution >= 0.6 is 0 Å². The maximum absolute atomic E-state index is 6.13. The summed E-state index contributed by atoms with van der Waals surface area (Å²) in [6.07, 6.45) is 5.14. The van der Waals surface area contributed by atoms with Gasteiger partial charge < -0.3 is 15.0 Å². The molecule has 0 bridgehead atoms. The van der Waals surface area contributed by atoms with Crippen LogP contribution in [0.5, 0.6) is 5.75 Å². The fourth-order valence-corrected chi connectivity index (χ4v) is 3.47. The van der Waals surface area contributed by atoms with Crippen LogP contribution in [0.3, 0.4) is 0 Å². The molecular formula is C18H28N2O. The second kappa shape index (κ2) is 6.27. The van der Waals surface area contributed by atoms with Gasteiger partial charge in [-0.3, -0.25) is 0 Å². The van der Waals surface area contributed by atoms with Crippen LogP contribution < -0.4 is 15.0 Å². The lowest BCUT2D eigenvalue weighted by molar-refractivity contribution is 0.186. The van der Waals surface area contributed by atoms with E-state index in [0.717, 1.165) is 25.1 Å². The van der Waals surface area contributed by atoms with E-state index < -0.39 is 0 Å². The minimum Gasteiger partial charge on any atom is -0.486 e. The van der Waals surface area contributed by atoms with Crippen LogP contribution in [-0.2, 0) is 6.42 Å². The molecule has 1 saturated heterocycles. The van der Waals surface area contributed by atoms with Crippen molar-refractivity contribution in [1.29, 1.82) is 0 Å². The Labute approximate surface area is 128 Å². The smallest absolute Gasteiger partial charge is 0.143 e. The zero-order valence-corrected chi connectivity index (χ0v) is 13.6. The van der Waals surface area contributed by atoms with Crippen molar-refractivity contribution >= 4 is 5.69 Å². The van der Waals surface area contributed by atoms with E-state index in [2.05, 4.69) is 49.2 Å². The predicted octanol–water partition coefficient (Wildman–Crippen LogP) is 3.37. The molecule has 1 N–H and O–H groups in total. The molecule has 0 aliphatic carbocycles. The highest BCUT2D eigenvalue weighted by atomic mass is 16.5. The minimum atomic E-state index is 0.322. The molecule has 0 saturated carbocycles. The van der Waals surface area contributed by atoms with Gasteiger partial charge in [0, 0.05) is 12.1 Å². The molecule has 2 heterocycles. The molecule has 2 atom stereocenters. The van der Waals surface area contributed by atoms with Gasteiger partial charge in [-0.05, 0) is 63.8 Å². The molecule has 21 heavy (non-hydrogen) atoms. The van der Waals surface area contributed by atoms with Gasteiger partial charge in [0.1, 0.15) is 11.9 Å².